The Morgan fingerprint density at radius 1 is 1.10 bits per heavy atom. The quantitative estimate of drug-likeness (QED) is 0.438. The average molecular weight is 417 g/mol. The van der Waals surface area contributed by atoms with Crippen LogP contribution < -0.4 is 10.1 Å². The molecule has 0 aromatic heterocycles. The van der Waals surface area contributed by atoms with E-state index in [1.807, 2.05) is 0 Å². The molecule has 2 unspecified atom stereocenters. The number of carbonyl (C=O) groups excluding carboxylic acids is 1. The normalized spacial score (nSPS) is 20.4. The van der Waals surface area contributed by atoms with E-state index < -0.39 is 0 Å². The van der Waals surface area contributed by atoms with E-state index in [-0.39, 0.29) is 18.0 Å². The van der Waals surface area contributed by atoms with Gasteiger partial charge in [-0.2, -0.15) is 0 Å². The van der Waals surface area contributed by atoms with Gasteiger partial charge in [0.15, 0.2) is 0 Å². The van der Waals surface area contributed by atoms with Gasteiger partial charge in [-0.1, -0.05) is 37.1 Å². The van der Waals surface area contributed by atoms with E-state index in [1.54, 1.807) is 7.11 Å². The number of unbranched alkanes of at least 4 members (excludes halogenated alkanes) is 1. The van der Waals surface area contributed by atoms with Crippen LogP contribution in [0.5, 0.6) is 5.75 Å². The molecule has 0 aliphatic carbocycles. The summed E-state index contributed by atoms with van der Waals surface area (Å²) in [6.45, 7) is 8.16. The number of ether oxygens (including phenoxy) is 1. The van der Waals surface area contributed by atoms with Crippen LogP contribution in [0.2, 0.25) is 0 Å². The molecule has 0 saturated carbocycles. The molecule has 4 nitrogen and oxygen atoms in total. The Hall–Kier alpha value is -2.59. The number of carbonyl (C=O) groups is 1. The number of benzene rings is 3. The highest BCUT2D eigenvalue weighted by Crippen LogP contribution is 2.46. The standard InChI is InChI=1S/C27H32N2O2/c1-5-6-11-28-27-23-9-10-25(30)29(23)15-22-21-14-24(31-4)17(3)13-20(21)19-12-16(2)7-8-18(19)26(22)27/h7-8,12-14,23,27-28H,5-6,9-11,15H2,1-4H3. The second kappa shape index (κ2) is 7.83. The van der Waals surface area contributed by atoms with Crippen LogP contribution in [0.3, 0.4) is 0 Å². The van der Waals surface area contributed by atoms with Crippen molar-refractivity contribution >= 4 is 27.5 Å². The Bertz CT molecular complexity index is 1180. The summed E-state index contributed by atoms with van der Waals surface area (Å²) in [7, 11) is 1.74. The van der Waals surface area contributed by atoms with Crippen molar-refractivity contribution in [3.63, 3.8) is 0 Å². The largest absolute Gasteiger partial charge is 0.496 e. The van der Waals surface area contributed by atoms with Gasteiger partial charge in [-0.25, -0.2) is 0 Å². The smallest absolute Gasteiger partial charge is 0.223 e. The molecule has 2 heterocycles. The van der Waals surface area contributed by atoms with Crippen LogP contribution in [0.1, 0.15) is 60.9 Å². The van der Waals surface area contributed by atoms with E-state index >= 15 is 0 Å². The Kier molecular flexibility index (Phi) is 5.13. The Morgan fingerprint density at radius 3 is 2.68 bits per heavy atom. The summed E-state index contributed by atoms with van der Waals surface area (Å²) in [5, 5.41) is 8.96. The first-order valence-corrected chi connectivity index (χ1v) is 11.6. The highest BCUT2D eigenvalue weighted by Gasteiger charge is 2.42. The SMILES string of the molecule is CCCCNC1c2c(c3cc(OC)c(C)cc3c3cc(C)ccc23)CN2C(=O)CCC12. The van der Waals surface area contributed by atoms with Gasteiger partial charge in [0.05, 0.1) is 19.2 Å². The maximum Gasteiger partial charge on any atom is 0.223 e. The number of hydrogen-bond donors (Lipinski definition) is 1. The van der Waals surface area contributed by atoms with E-state index in [4.69, 9.17) is 4.74 Å². The highest BCUT2D eigenvalue weighted by molar-refractivity contribution is 6.12. The van der Waals surface area contributed by atoms with Gasteiger partial charge in [0.2, 0.25) is 5.91 Å². The van der Waals surface area contributed by atoms with Crippen LogP contribution in [-0.4, -0.2) is 30.5 Å². The van der Waals surface area contributed by atoms with Crippen molar-refractivity contribution in [1.29, 1.82) is 0 Å². The van der Waals surface area contributed by atoms with E-state index in [0.717, 1.165) is 37.1 Å². The number of amides is 1. The number of methoxy groups -OCH3 is 1. The van der Waals surface area contributed by atoms with Crippen molar-refractivity contribution in [1.82, 2.24) is 10.2 Å². The molecular formula is C27H32N2O2. The second-order valence-corrected chi connectivity index (χ2v) is 9.22. The molecule has 0 radical (unpaired) electrons. The zero-order valence-corrected chi connectivity index (χ0v) is 19.0. The van der Waals surface area contributed by atoms with Crippen LogP contribution in [0, 0.1) is 13.8 Å². The summed E-state index contributed by atoms with van der Waals surface area (Å²) >= 11 is 0. The van der Waals surface area contributed by atoms with Crippen LogP contribution in [0.25, 0.3) is 21.5 Å². The van der Waals surface area contributed by atoms with Crippen LogP contribution in [-0.2, 0) is 11.3 Å². The fourth-order valence-electron chi connectivity index (χ4n) is 5.67. The van der Waals surface area contributed by atoms with Gasteiger partial charge in [0, 0.05) is 13.0 Å². The Balaban J connectivity index is 1.84. The van der Waals surface area contributed by atoms with Gasteiger partial charge in [0.1, 0.15) is 5.75 Å². The second-order valence-electron chi connectivity index (χ2n) is 9.22. The lowest BCUT2D eigenvalue weighted by Gasteiger charge is -2.40. The van der Waals surface area contributed by atoms with Crippen molar-refractivity contribution in [2.45, 2.75) is 65.1 Å². The lowest BCUT2D eigenvalue weighted by molar-refractivity contribution is -0.130. The first kappa shape index (κ1) is 20.3. The predicted molar refractivity (Wildman–Crippen MR) is 127 cm³/mol. The summed E-state index contributed by atoms with van der Waals surface area (Å²) in [5.41, 5.74) is 5.08. The number of aryl methyl sites for hydroxylation is 2. The summed E-state index contributed by atoms with van der Waals surface area (Å²) < 4.78 is 5.70. The molecule has 1 fully saturated rings. The van der Waals surface area contributed by atoms with Gasteiger partial charge >= 0.3 is 0 Å². The third kappa shape index (κ3) is 3.20. The zero-order valence-electron chi connectivity index (χ0n) is 19.0. The average Bonchev–Trinajstić information content (AvgIpc) is 3.14. The van der Waals surface area contributed by atoms with E-state index in [1.165, 1.54) is 38.2 Å². The Labute approximate surface area is 184 Å². The lowest BCUT2D eigenvalue weighted by atomic mass is 9.81. The molecular weight excluding hydrogens is 384 g/mol. The number of hydrogen-bond acceptors (Lipinski definition) is 3. The molecule has 2 aliphatic rings. The molecule has 1 amide bonds. The molecule has 1 saturated heterocycles. The molecule has 1 N–H and O–H groups in total. The molecule has 162 valence electrons. The monoisotopic (exact) mass is 416 g/mol. The van der Waals surface area contributed by atoms with Gasteiger partial charge in [-0.05, 0) is 83.6 Å². The summed E-state index contributed by atoms with van der Waals surface area (Å²) in [5.74, 6) is 1.20. The maximum atomic E-state index is 12.8. The van der Waals surface area contributed by atoms with Crippen LogP contribution in [0.15, 0.2) is 30.3 Å². The summed E-state index contributed by atoms with van der Waals surface area (Å²) in [6, 6.07) is 11.7. The molecule has 3 aromatic carbocycles. The molecule has 0 spiro atoms. The van der Waals surface area contributed by atoms with E-state index in [2.05, 4.69) is 61.3 Å². The minimum absolute atomic E-state index is 0.170. The Morgan fingerprint density at radius 2 is 1.90 bits per heavy atom. The van der Waals surface area contributed by atoms with Gasteiger partial charge in [0.25, 0.3) is 0 Å². The third-order valence-electron chi connectivity index (χ3n) is 7.23. The van der Waals surface area contributed by atoms with E-state index in [9.17, 15) is 4.79 Å². The zero-order chi connectivity index (χ0) is 21.7. The van der Waals surface area contributed by atoms with Crippen molar-refractivity contribution in [3.8, 4) is 5.75 Å². The van der Waals surface area contributed by atoms with Crippen LogP contribution in [0.4, 0.5) is 0 Å². The van der Waals surface area contributed by atoms with Crippen molar-refractivity contribution in [2.75, 3.05) is 13.7 Å². The first-order chi connectivity index (χ1) is 15.0. The topological polar surface area (TPSA) is 41.6 Å². The number of rotatable bonds is 5. The fourth-order valence-corrected chi connectivity index (χ4v) is 5.67. The number of nitrogens with one attached hydrogen (secondary N) is 1. The maximum absolute atomic E-state index is 12.8. The molecule has 2 aliphatic heterocycles. The van der Waals surface area contributed by atoms with Crippen LogP contribution >= 0.6 is 0 Å². The van der Waals surface area contributed by atoms with Gasteiger partial charge < -0.3 is 15.0 Å². The van der Waals surface area contributed by atoms with Gasteiger partial charge in [-0.3, -0.25) is 4.79 Å². The molecule has 4 heteroatoms. The minimum Gasteiger partial charge on any atom is -0.496 e. The minimum atomic E-state index is 0.170. The fraction of sp³-hybridized carbons (Fsp3) is 0.444. The van der Waals surface area contributed by atoms with Crippen molar-refractivity contribution in [2.24, 2.45) is 0 Å². The van der Waals surface area contributed by atoms with E-state index in [0.29, 0.717) is 13.0 Å². The van der Waals surface area contributed by atoms with Crippen molar-refractivity contribution < 1.29 is 9.53 Å². The molecule has 2 atom stereocenters. The molecule has 31 heavy (non-hydrogen) atoms. The lowest BCUT2D eigenvalue weighted by Crippen LogP contribution is -2.46. The number of nitrogens with zero attached hydrogens (tertiary/aromatic N) is 1. The highest BCUT2D eigenvalue weighted by atomic mass is 16.5. The summed E-state index contributed by atoms with van der Waals surface area (Å²) in [4.78, 5) is 14.9. The van der Waals surface area contributed by atoms with Crippen molar-refractivity contribution in [3.05, 3.63) is 52.6 Å². The molecule has 0 bridgehead atoms. The number of fused-ring (bicyclic) bond motifs is 7. The predicted octanol–water partition coefficient (Wildman–Crippen LogP) is 5.55. The van der Waals surface area contributed by atoms with Gasteiger partial charge in [-0.15, -0.1) is 0 Å². The molecule has 5 rings (SSSR count). The summed E-state index contributed by atoms with van der Waals surface area (Å²) in [6.07, 6.45) is 3.89. The first-order valence-electron chi connectivity index (χ1n) is 11.6. The third-order valence-corrected chi connectivity index (χ3v) is 7.23. The molecule has 3 aromatic rings.